The van der Waals surface area contributed by atoms with Crippen molar-refractivity contribution in [1.29, 1.82) is 0 Å². The quantitative estimate of drug-likeness (QED) is 0.733. The van der Waals surface area contributed by atoms with E-state index in [-0.39, 0.29) is 17.7 Å². The third kappa shape index (κ3) is 5.92. The lowest BCUT2D eigenvalue weighted by molar-refractivity contribution is -0.137. The summed E-state index contributed by atoms with van der Waals surface area (Å²) >= 11 is 0. The molecule has 8 heteroatoms. The molecule has 31 heavy (non-hydrogen) atoms. The summed E-state index contributed by atoms with van der Waals surface area (Å²) in [6.07, 6.45) is -2.53. The molecule has 3 rings (SSSR count). The van der Waals surface area contributed by atoms with Crippen LogP contribution in [0.25, 0.3) is 0 Å². The summed E-state index contributed by atoms with van der Waals surface area (Å²) in [6.45, 7) is 1.29. The molecule has 2 aromatic rings. The molecule has 1 aliphatic heterocycles. The van der Waals surface area contributed by atoms with E-state index in [1.165, 1.54) is 12.1 Å². The number of nitrogens with two attached hydrogens (primary N) is 1. The highest BCUT2D eigenvalue weighted by molar-refractivity contribution is 5.94. The van der Waals surface area contributed by atoms with E-state index in [4.69, 9.17) is 5.73 Å². The number of carbonyl (C=O) groups is 1. The minimum Gasteiger partial charge on any atom is -0.351 e. The Labute approximate surface area is 180 Å². The standard InChI is InChI=1S/C23H27F3N4O/c1-30(2)11-10-28-22(31)17-5-3-4-16(12-17)18-13-20(21(27)29-14-18)15-6-8-19(9-7-15)23(24,25)26/h3-9,12,14,18,20-21H,10-11,13,27H2,1-2H3,(H,28,31). The SMILES string of the molecule is CN(C)CCNC(=O)c1cccc(C2C=NC(N)C(c3ccc(C(F)(F)F)cc3)C2)c1. The number of rotatable bonds is 6. The number of nitrogens with zero attached hydrogens (tertiary/aromatic N) is 2. The number of nitrogens with one attached hydrogen (secondary N) is 1. The van der Waals surface area contributed by atoms with Crippen LogP contribution in [0, 0.1) is 0 Å². The largest absolute Gasteiger partial charge is 0.416 e. The molecular formula is C23H27F3N4O. The van der Waals surface area contributed by atoms with Gasteiger partial charge in [-0.3, -0.25) is 9.79 Å². The summed E-state index contributed by atoms with van der Waals surface area (Å²) in [7, 11) is 3.87. The molecular weight excluding hydrogens is 405 g/mol. The number of hydrogen-bond donors (Lipinski definition) is 2. The van der Waals surface area contributed by atoms with E-state index in [2.05, 4.69) is 10.3 Å². The molecule has 0 radical (unpaired) electrons. The second kappa shape index (κ2) is 9.62. The molecule has 3 N–H and O–H groups in total. The second-order valence-electron chi connectivity index (χ2n) is 8.04. The fourth-order valence-corrected chi connectivity index (χ4v) is 3.66. The van der Waals surface area contributed by atoms with Crippen molar-refractivity contribution in [1.82, 2.24) is 10.2 Å². The smallest absolute Gasteiger partial charge is 0.351 e. The molecule has 2 aromatic carbocycles. The van der Waals surface area contributed by atoms with Crippen molar-refractivity contribution < 1.29 is 18.0 Å². The Morgan fingerprint density at radius 3 is 2.52 bits per heavy atom. The number of aliphatic imine (C=N–C) groups is 1. The zero-order valence-electron chi connectivity index (χ0n) is 17.6. The average molecular weight is 432 g/mol. The first-order chi connectivity index (χ1) is 14.6. The predicted molar refractivity (Wildman–Crippen MR) is 115 cm³/mol. The average Bonchev–Trinajstić information content (AvgIpc) is 2.73. The lowest BCUT2D eigenvalue weighted by Crippen LogP contribution is -2.32. The van der Waals surface area contributed by atoms with Gasteiger partial charge in [0, 0.05) is 36.7 Å². The monoisotopic (exact) mass is 432 g/mol. The third-order valence-corrected chi connectivity index (χ3v) is 5.45. The van der Waals surface area contributed by atoms with Crippen LogP contribution < -0.4 is 11.1 Å². The normalized spacial score (nSPS) is 21.3. The topological polar surface area (TPSA) is 70.7 Å². The summed E-state index contributed by atoms with van der Waals surface area (Å²) in [5.74, 6) is -0.441. The highest BCUT2D eigenvalue weighted by Crippen LogP contribution is 2.36. The van der Waals surface area contributed by atoms with Gasteiger partial charge in [-0.15, -0.1) is 0 Å². The van der Waals surface area contributed by atoms with Gasteiger partial charge >= 0.3 is 6.18 Å². The molecule has 1 amide bonds. The molecule has 0 fully saturated rings. The Kier molecular flexibility index (Phi) is 7.12. The third-order valence-electron chi connectivity index (χ3n) is 5.45. The zero-order valence-corrected chi connectivity index (χ0v) is 17.6. The van der Waals surface area contributed by atoms with Crippen molar-refractivity contribution in [2.24, 2.45) is 10.7 Å². The molecule has 3 unspecified atom stereocenters. The first kappa shape index (κ1) is 23.0. The van der Waals surface area contributed by atoms with Crippen molar-refractivity contribution in [3.8, 4) is 0 Å². The molecule has 0 aliphatic carbocycles. The number of benzene rings is 2. The van der Waals surface area contributed by atoms with Crippen LogP contribution in [-0.2, 0) is 6.18 Å². The molecule has 0 bridgehead atoms. The van der Waals surface area contributed by atoms with E-state index >= 15 is 0 Å². The number of carbonyl (C=O) groups excluding carboxylic acids is 1. The molecule has 0 spiro atoms. The Bertz CT molecular complexity index is 925. The summed E-state index contributed by atoms with van der Waals surface area (Å²) < 4.78 is 38.6. The summed E-state index contributed by atoms with van der Waals surface area (Å²) in [6, 6.07) is 12.4. The van der Waals surface area contributed by atoms with Gasteiger partial charge in [0.1, 0.15) is 6.17 Å². The van der Waals surface area contributed by atoms with Crippen LogP contribution >= 0.6 is 0 Å². The number of amides is 1. The molecule has 0 saturated heterocycles. The molecule has 5 nitrogen and oxygen atoms in total. The van der Waals surface area contributed by atoms with Gasteiger partial charge in [-0.1, -0.05) is 24.3 Å². The van der Waals surface area contributed by atoms with E-state index in [9.17, 15) is 18.0 Å². The molecule has 166 valence electrons. The number of hydrogen-bond acceptors (Lipinski definition) is 4. The van der Waals surface area contributed by atoms with E-state index in [1.807, 2.05) is 37.2 Å². The number of halogens is 3. The first-order valence-electron chi connectivity index (χ1n) is 10.1. The van der Waals surface area contributed by atoms with E-state index in [1.54, 1.807) is 12.3 Å². The van der Waals surface area contributed by atoms with Crippen LogP contribution in [0.2, 0.25) is 0 Å². The fourth-order valence-electron chi connectivity index (χ4n) is 3.66. The van der Waals surface area contributed by atoms with Crippen LogP contribution in [0.15, 0.2) is 53.5 Å². The maximum Gasteiger partial charge on any atom is 0.416 e. The highest BCUT2D eigenvalue weighted by Gasteiger charge is 2.32. The van der Waals surface area contributed by atoms with Gasteiger partial charge in [0.05, 0.1) is 5.56 Å². The molecule has 1 heterocycles. The van der Waals surface area contributed by atoms with Gasteiger partial charge < -0.3 is 16.0 Å². The van der Waals surface area contributed by atoms with Gasteiger partial charge in [0.15, 0.2) is 0 Å². The van der Waals surface area contributed by atoms with Crippen LogP contribution in [-0.4, -0.2) is 50.4 Å². The van der Waals surface area contributed by atoms with Crippen LogP contribution in [0.3, 0.4) is 0 Å². The molecule has 1 aliphatic rings. The van der Waals surface area contributed by atoms with Gasteiger partial charge in [-0.2, -0.15) is 13.2 Å². The van der Waals surface area contributed by atoms with Crippen LogP contribution in [0.5, 0.6) is 0 Å². The number of likely N-dealkylation sites (N-methyl/N-ethyl adjacent to an activating group) is 1. The summed E-state index contributed by atoms with van der Waals surface area (Å²) in [5, 5.41) is 2.89. The predicted octanol–water partition coefficient (Wildman–Crippen LogP) is 3.62. The fraction of sp³-hybridized carbons (Fsp3) is 0.391. The minimum absolute atomic E-state index is 0.0818. The van der Waals surface area contributed by atoms with Crippen molar-refractivity contribution in [3.63, 3.8) is 0 Å². The first-order valence-corrected chi connectivity index (χ1v) is 10.1. The van der Waals surface area contributed by atoms with Gasteiger partial charge in [-0.25, -0.2) is 0 Å². The van der Waals surface area contributed by atoms with Crippen LogP contribution in [0.4, 0.5) is 13.2 Å². The second-order valence-corrected chi connectivity index (χ2v) is 8.04. The lowest BCUT2D eigenvalue weighted by Gasteiger charge is -2.30. The maximum atomic E-state index is 12.9. The maximum absolute atomic E-state index is 12.9. The Morgan fingerprint density at radius 1 is 1.16 bits per heavy atom. The molecule has 0 saturated carbocycles. The molecule has 3 atom stereocenters. The van der Waals surface area contributed by atoms with Crippen molar-refractivity contribution >= 4 is 12.1 Å². The Morgan fingerprint density at radius 2 is 1.87 bits per heavy atom. The van der Waals surface area contributed by atoms with E-state index in [0.29, 0.717) is 18.5 Å². The van der Waals surface area contributed by atoms with Crippen molar-refractivity contribution in [2.75, 3.05) is 27.2 Å². The van der Waals surface area contributed by atoms with Crippen LogP contribution in [0.1, 0.15) is 45.3 Å². The van der Waals surface area contributed by atoms with Gasteiger partial charge in [-0.05, 0) is 55.9 Å². The zero-order chi connectivity index (χ0) is 22.6. The summed E-state index contributed by atoms with van der Waals surface area (Å²) in [5.41, 5.74) is 7.66. The van der Waals surface area contributed by atoms with E-state index < -0.39 is 17.9 Å². The van der Waals surface area contributed by atoms with Gasteiger partial charge in [0.2, 0.25) is 0 Å². The Balaban J connectivity index is 1.74. The molecule has 0 aromatic heterocycles. The highest BCUT2D eigenvalue weighted by atomic mass is 19.4. The summed E-state index contributed by atoms with van der Waals surface area (Å²) in [4.78, 5) is 18.8. The van der Waals surface area contributed by atoms with Crippen molar-refractivity contribution in [3.05, 3.63) is 70.8 Å². The lowest BCUT2D eigenvalue weighted by atomic mass is 9.81. The van der Waals surface area contributed by atoms with Gasteiger partial charge in [0.25, 0.3) is 5.91 Å². The van der Waals surface area contributed by atoms with Crippen molar-refractivity contribution in [2.45, 2.75) is 30.6 Å². The van der Waals surface area contributed by atoms with E-state index in [0.717, 1.165) is 29.8 Å². The minimum atomic E-state index is -4.37. The Hall–Kier alpha value is -2.71. The number of alkyl halides is 3.